The third kappa shape index (κ3) is 4.85. The summed E-state index contributed by atoms with van der Waals surface area (Å²) in [6.07, 6.45) is 0. The van der Waals surface area contributed by atoms with Crippen molar-refractivity contribution in [1.29, 1.82) is 0 Å². The zero-order chi connectivity index (χ0) is 20.0. The molecule has 7 nitrogen and oxygen atoms in total. The normalized spacial score (nSPS) is 11.3. The van der Waals surface area contributed by atoms with Crippen molar-refractivity contribution in [1.82, 2.24) is 14.5 Å². The Morgan fingerprint density at radius 1 is 1.00 bits per heavy atom. The summed E-state index contributed by atoms with van der Waals surface area (Å²) in [5, 5.41) is 4.32. The first-order valence-corrected chi connectivity index (χ1v) is 10.3. The van der Waals surface area contributed by atoms with Gasteiger partial charge in [0.25, 0.3) is 5.56 Å². The molecule has 0 unspecified atom stereocenters. The summed E-state index contributed by atoms with van der Waals surface area (Å²) in [7, 11) is -3.69. The van der Waals surface area contributed by atoms with Crippen molar-refractivity contribution >= 4 is 10.0 Å². The molecule has 0 radical (unpaired) electrons. The molecule has 0 aliphatic carbocycles. The van der Waals surface area contributed by atoms with Crippen LogP contribution >= 0.6 is 0 Å². The highest BCUT2D eigenvalue weighted by atomic mass is 32.2. The van der Waals surface area contributed by atoms with E-state index in [1.165, 1.54) is 22.9 Å². The molecule has 1 heterocycles. The number of nitrogens with zero attached hydrogens (tertiary/aromatic N) is 2. The Bertz CT molecular complexity index is 1080. The third-order valence-corrected chi connectivity index (χ3v) is 5.47. The average Bonchev–Trinajstić information content (AvgIpc) is 2.71. The van der Waals surface area contributed by atoms with Crippen molar-refractivity contribution < 1.29 is 13.2 Å². The Balaban J connectivity index is 1.68. The van der Waals surface area contributed by atoms with Crippen LogP contribution in [0.5, 0.6) is 5.75 Å². The summed E-state index contributed by atoms with van der Waals surface area (Å²) in [6, 6.07) is 18.7. The molecular formula is C20H21N3O4S. The maximum absolute atomic E-state index is 12.4. The minimum absolute atomic E-state index is 0.0424. The summed E-state index contributed by atoms with van der Waals surface area (Å²) in [5.74, 6) is 0.606. The number of aromatic nitrogens is 2. The highest BCUT2D eigenvalue weighted by molar-refractivity contribution is 7.89. The van der Waals surface area contributed by atoms with Crippen molar-refractivity contribution in [2.24, 2.45) is 0 Å². The average molecular weight is 399 g/mol. The van der Waals surface area contributed by atoms with Crippen molar-refractivity contribution in [3.05, 3.63) is 77.1 Å². The van der Waals surface area contributed by atoms with Gasteiger partial charge in [0, 0.05) is 18.2 Å². The van der Waals surface area contributed by atoms with Gasteiger partial charge < -0.3 is 4.74 Å². The van der Waals surface area contributed by atoms with Gasteiger partial charge in [-0.1, -0.05) is 30.3 Å². The van der Waals surface area contributed by atoms with Crippen LogP contribution in [0.1, 0.15) is 6.92 Å². The topological polar surface area (TPSA) is 90.3 Å². The molecule has 1 N–H and O–H groups in total. The molecular weight excluding hydrogens is 378 g/mol. The van der Waals surface area contributed by atoms with Crippen LogP contribution in [0.15, 0.2) is 76.4 Å². The number of hydrogen-bond acceptors (Lipinski definition) is 5. The van der Waals surface area contributed by atoms with Crippen LogP contribution in [0.25, 0.3) is 11.3 Å². The van der Waals surface area contributed by atoms with Crippen molar-refractivity contribution in [3.63, 3.8) is 0 Å². The molecule has 0 saturated carbocycles. The minimum Gasteiger partial charge on any atom is -0.494 e. The molecule has 146 valence electrons. The van der Waals surface area contributed by atoms with E-state index < -0.39 is 10.0 Å². The lowest BCUT2D eigenvalue weighted by molar-refractivity contribution is 0.340. The van der Waals surface area contributed by atoms with Crippen molar-refractivity contribution in [3.8, 4) is 17.0 Å². The lowest BCUT2D eigenvalue weighted by atomic mass is 10.1. The van der Waals surface area contributed by atoms with Crippen LogP contribution in [0.3, 0.4) is 0 Å². The number of ether oxygens (including phenoxy) is 1. The van der Waals surface area contributed by atoms with E-state index in [-0.39, 0.29) is 23.5 Å². The Morgan fingerprint density at radius 2 is 1.71 bits per heavy atom. The van der Waals surface area contributed by atoms with Gasteiger partial charge in [-0.3, -0.25) is 4.79 Å². The highest BCUT2D eigenvalue weighted by Gasteiger charge is 2.14. The van der Waals surface area contributed by atoms with E-state index in [4.69, 9.17) is 4.74 Å². The van der Waals surface area contributed by atoms with E-state index in [0.29, 0.717) is 18.1 Å². The largest absolute Gasteiger partial charge is 0.494 e. The fourth-order valence-electron chi connectivity index (χ4n) is 2.62. The van der Waals surface area contributed by atoms with E-state index in [1.807, 2.05) is 37.3 Å². The first-order valence-electron chi connectivity index (χ1n) is 8.86. The quantitative estimate of drug-likeness (QED) is 0.628. The smallest absolute Gasteiger partial charge is 0.266 e. The van der Waals surface area contributed by atoms with E-state index >= 15 is 0 Å². The van der Waals surface area contributed by atoms with Gasteiger partial charge in [0.2, 0.25) is 10.0 Å². The van der Waals surface area contributed by atoms with Gasteiger partial charge in [-0.05, 0) is 37.3 Å². The monoisotopic (exact) mass is 399 g/mol. The predicted octanol–water partition coefficient (Wildman–Crippen LogP) is 2.29. The van der Waals surface area contributed by atoms with Gasteiger partial charge in [0.05, 0.1) is 23.7 Å². The Morgan fingerprint density at radius 3 is 2.39 bits per heavy atom. The van der Waals surface area contributed by atoms with E-state index in [0.717, 1.165) is 5.56 Å². The molecule has 8 heteroatoms. The van der Waals surface area contributed by atoms with Gasteiger partial charge in [-0.25, -0.2) is 17.8 Å². The Labute approximate surface area is 163 Å². The SMILES string of the molecule is CCOc1ccc(S(=O)(=O)NCCn2nc(-c3ccccc3)ccc2=O)cc1. The minimum atomic E-state index is -3.69. The number of rotatable bonds is 8. The predicted molar refractivity (Wildman–Crippen MR) is 107 cm³/mol. The molecule has 3 rings (SSSR count). The third-order valence-electron chi connectivity index (χ3n) is 4.00. The van der Waals surface area contributed by atoms with Crippen LogP contribution in [-0.4, -0.2) is 31.3 Å². The number of nitrogens with one attached hydrogen (secondary N) is 1. The van der Waals surface area contributed by atoms with E-state index in [1.54, 1.807) is 18.2 Å². The van der Waals surface area contributed by atoms with Gasteiger partial charge >= 0.3 is 0 Å². The summed E-state index contributed by atoms with van der Waals surface area (Å²) in [4.78, 5) is 12.2. The van der Waals surface area contributed by atoms with Crippen LogP contribution < -0.4 is 15.0 Å². The van der Waals surface area contributed by atoms with Crippen LogP contribution in [0.2, 0.25) is 0 Å². The van der Waals surface area contributed by atoms with Crippen molar-refractivity contribution in [2.45, 2.75) is 18.4 Å². The zero-order valence-corrected chi connectivity index (χ0v) is 16.2. The Hall–Kier alpha value is -2.97. The molecule has 0 aliphatic heterocycles. The molecule has 3 aromatic rings. The van der Waals surface area contributed by atoms with Gasteiger partial charge in [-0.2, -0.15) is 5.10 Å². The molecule has 0 atom stereocenters. The van der Waals surface area contributed by atoms with Crippen molar-refractivity contribution in [2.75, 3.05) is 13.2 Å². The summed E-state index contributed by atoms with van der Waals surface area (Å²) in [5.41, 5.74) is 1.24. The molecule has 0 fully saturated rings. The standard InChI is InChI=1S/C20H21N3O4S/c1-2-27-17-8-10-18(11-9-17)28(25,26)21-14-15-23-20(24)13-12-19(22-23)16-6-4-3-5-7-16/h3-13,21H,2,14-15H2,1H3. The molecule has 28 heavy (non-hydrogen) atoms. The molecule has 0 saturated heterocycles. The second kappa shape index (κ2) is 8.81. The van der Waals surface area contributed by atoms with Gasteiger partial charge in [0.15, 0.2) is 0 Å². The molecule has 1 aromatic heterocycles. The highest BCUT2D eigenvalue weighted by Crippen LogP contribution is 2.16. The summed E-state index contributed by atoms with van der Waals surface area (Å²) >= 11 is 0. The molecule has 0 bridgehead atoms. The molecule has 0 aliphatic rings. The fraction of sp³-hybridized carbons (Fsp3) is 0.200. The second-order valence-electron chi connectivity index (χ2n) is 5.95. The second-order valence-corrected chi connectivity index (χ2v) is 7.72. The van der Waals surface area contributed by atoms with Gasteiger partial charge in [0.1, 0.15) is 5.75 Å². The maximum Gasteiger partial charge on any atom is 0.266 e. The summed E-state index contributed by atoms with van der Waals surface area (Å²) in [6.45, 7) is 2.53. The number of benzene rings is 2. The van der Waals surface area contributed by atoms with E-state index in [2.05, 4.69) is 9.82 Å². The molecule has 2 aromatic carbocycles. The van der Waals surface area contributed by atoms with Crippen LogP contribution in [0.4, 0.5) is 0 Å². The number of hydrogen-bond donors (Lipinski definition) is 1. The lowest BCUT2D eigenvalue weighted by Gasteiger charge is -2.10. The zero-order valence-electron chi connectivity index (χ0n) is 15.4. The first kappa shape index (κ1) is 19.8. The summed E-state index contributed by atoms with van der Waals surface area (Å²) < 4.78 is 33.9. The number of sulfonamides is 1. The molecule has 0 spiro atoms. The maximum atomic E-state index is 12.4. The molecule has 0 amide bonds. The van der Waals surface area contributed by atoms with Gasteiger partial charge in [-0.15, -0.1) is 0 Å². The first-order chi connectivity index (χ1) is 13.5. The fourth-order valence-corrected chi connectivity index (χ4v) is 3.64. The van der Waals surface area contributed by atoms with Crippen LogP contribution in [-0.2, 0) is 16.6 Å². The lowest BCUT2D eigenvalue weighted by Crippen LogP contribution is -2.32. The van der Waals surface area contributed by atoms with E-state index in [9.17, 15) is 13.2 Å². The van der Waals surface area contributed by atoms with Crippen LogP contribution in [0, 0.1) is 0 Å². The Kier molecular flexibility index (Phi) is 6.23.